The van der Waals surface area contributed by atoms with E-state index in [4.69, 9.17) is 4.74 Å². The number of likely N-dealkylation sites (tertiary alicyclic amines) is 1. The summed E-state index contributed by atoms with van der Waals surface area (Å²) in [6, 6.07) is 10.9. The van der Waals surface area contributed by atoms with Gasteiger partial charge in [-0.3, -0.25) is 9.78 Å². The van der Waals surface area contributed by atoms with Crippen LogP contribution in [-0.4, -0.2) is 41.4 Å². The van der Waals surface area contributed by atoms with Gasteiger partial charge in [0.1, 0.15) is 5.75 Å². The van der Waals surface area contributed by atoms with Gasteiger partial charge in [0.05, 0.1) is 18.5 Å². The van der Waals surface area contributed by atoms with Gasteiger partial charge in [-0.1, -0.05) is 32.6 Å². The summed E-state index contributed by atoms with van der Waals surface area (Å²) in [6.45, 7) is 4.07. The van der Waals surface area contributed by atoms with Gasteiger partial charge in [-0.2, -0.15) is 0 Å². The fourth-order valence-electron chi connectivity index (χ4n) is 3.83. The second-order valence-electron chi connectivity index (χ2n) is 8.08. The number of ketones is 1. The normalized spacial score (nSPS) is 14.3. The minimum Gasteiger partial charge on any atom is -0.494 e. The maximum atomic E-state index is 12.9. The quantitative estimate of drug-likeness (QED) is 0.401. The highest BCUT2D eigenvalue weighted by Crippen LogP contribution is 2.24. The van der Waals surface area contributed by atoms with Crippen LogP contribution in [0.2, 0.25) is 0 Å². The van der Waals surface area contributed by atoms with E-state index in [1.807, 2.05) is 24.3 Å². The van der Waals surface area contributed by atoms with Gasteiger partial charge in [-0.05, 0) is 55.7 Å². The Morgan fingerprint density at radius 1 is 1.06 bits per heavy atom. The number of carbonyl (C=O) groups excluding carboxylic acids is 2. The second-order valence-corrected chi connectivity index (χ2v) is 8.08. The SMILES string of the molecule is CCCCCCCOc1ccc(C(=O)C2CCN(C(=O)Nc3cccnc3)CC2)cc1. The number of anilines is 1. The van der Waals surface area contributed by atoms with Crippen LogP contribution < -0.4 is 10.1 Å². The average molecular weight is 424 g/mol. The first-order chi connectivity index (χ1) is 15.2. The first-order valence-electron chi connectivity index (χ1n) is 11.4. The van der Waals surface area contributed by atoms with E-state index in [2.05, 4.69) is 17.2 Å². The van der Waals surface area contributed by atoms with Crippen molar-refractivity contribution in [1.29, 1.82) is 0 Å². The Balaban J connectivity index is 1.41. The molecule has 1 aromatic heterocycles. The summed E-state index contributed by atoms with van der Waals surface area (Å²) >= 11 is 0. The number of Topliss-reactive ketones (excluding diaryl/α,β-unsaturated/α-hetero) is 1. The topological polar surface area (TPSA) is 71.5 Å². The Labute approximate surface area is 185 Å². The number of amides is 2. The van der Waals surface area contributed by atoms with Gasteiger partial charge in [-0.15, -0.1) is 0 Å². The molecule has 6 nitrogen and oxygen atoms in total. The summed E-state index contributed by atoms with van der Waals surface area (Å²) < 4.78 is 5.79. The summed E-state index contributed by atoms with van der Waals surface area (Å²) in [5, 5.41) is 2.85. The van der Waals surface area contributed by atoms with Crippen molar-refractivity contribution in [3.63, 3.8) is 0 Å². The summed E-state index contributed by atoms with van der Waals surface area (Å²) in [4.78, 5) is 31.0. The lowest BCUT2D eigenvalue weighted by molar-refractivity contribution is 0.0859. The Morgan fingerprint density at radius 2 is 1.81 bits per heavy atom. The highest BCUT2D eigenvalue weighted by Gasteiger charge is 2.28. The summed E-state index contributed by atoms with van der Waals surface area (Å²) in [5.74, 6) is 0.917. The van der Waals surface area contributed by atoms with Gasteiger partial charge >= 0.3 is 6.03 Å². The smallest absolute Gasteiger partial charge is 0.321 e. The van der Waals surface area contributed by atoms with Crippen molar-refractivity contribution in [2.45, 2.75) is 51.9 Å². The Bertz CT molecular complexity index is 816. The molecule has 2 amide bonds. The molecule has 0 radical (unpaired) electrons. The first-order valence-corrected chi connectivity index (χ1v) is 11.4. The Hall–Kier alpha value is -2.89. The van der Waals surface area contributed by atoms with E-state index in [0.29, 0.717) is 37.2 Å². The van der Waals surface area contributed by atoms with Crippen LogP contribution in [-0.2, 0) is 0 Å². The molecule has 1 fully saturated rings. The molecular weight excluding hydrogens is 390 g/mol. The summed E-state index contributed by atoms with van der Waals surface area (Å²) in [6.07, 6.45) is 10.7. The fourth-order valence-corrected chi connectivity index (χ4v) is 3.83. The first kappa shape index (κ1) is 22.8. The lowest BCUT2D eigenvalue weighted by Gasteiger charge is -2.31. The van der Waals surface area contributed by atoms with Gasteiger partial charge in [0.2, 0.25) is 0 Å². The third-order valence-corrected chi connectivity index (χ3v) is 5.72. The largest absolute Gasteiger partial charge is 0.494 e. The molecule has 3 rings (SSSR count). The summed E-state index contributed by atoms with van der Waals surface area (Å²) in [7, 11) is 0. The number of rotatable bonds is 10. The number of nitrogens with one attached hydrogen (secondary N) is 1. The molecule has 1 aliphatic rings. The number of hydrogen-bond acceptors (Lipinski definition) is 4. The molecular formula is C25H33N3O3. The van der Waals surface area contributed by atoms with Crippen molar-refractivity contribution in [2.75, 3.05) is 25.0 Å². The number of piperidine rings is 1. The van der Waals surface area contributed by atoms with E-state index in [-0.39, 0.29) is 17.7 Å². The molecule has 6 heteroatoms. The predicted molar refractivity (Wildman–Crippen MR) is 123 cm³/mol. The number of carbonyl (C=O) groups is 2. The van der Waals surface area contributed by atoms with Crippen molar-refractivity contribution >= 4 is 17.5 Å². The van der Waals surface area contributed by atoms with Crippen LogP contribution in [0.3, 0.4) is 0 Å². The number of ether oxygens (including phenoxy) is 1. The third-order valence-electron chi connectivity index (χ3n) is 5.72. The van der Waals surface area contributed by atoms with Crippen LogP contribution in [0.15, 0.2) is 48.8 Å². The van der Waals surface area contributed by atoms with Gasteiger partial charge in [0.25, 0.3) is 0 Å². The molecule has 0 unspecified atom stereocenters. The Morgan fingerprint density at radius 3 is 2.48 bits per heavy atom. The molecule has 2 aromatic rings. The van der Waals surface area contributed by atoms with E-state index in [9.17, 15) is 9.59 Å². The number of hydrogen-bond donors (Lipinski definition) is 1. The van der Waals surface area contributed by atoms with E-state index in [0.717, 1.165) is 18.8 Å². The molecule has 31 heavy (non-hydrogen) atoms. The van der Waals surface area contributed by atoms with Gasteiger partial charge in [-0.25, -0.2) is 4.79 Å². The van der Waals surface area contributed by atoms with Crippen LogP contribution >= 0.6 is 0 Å². The summed E-state index contributed by atoms with van der Waals surface area (Å²) in [5.41, 5.74) is 1.39. The van der Waals surface area contributed by atoms with Crippen molar-refractivity contribution in [2.24, 2.45) is 5.92 Å². The lowest BCUT2D eigenvalue weighted by atomic mass is 9.89. The van der Waals surface area contributed by atoms with Crippen LogP contribution in [0.1, 0.15) is 62.2 Å². The van der Waals surface area contributed by atoms with Crippen molar-refractivity contribution in [1.82, 2.24) is 9.88 Å². The average Bonchev–Trinajstić information content (AvgIpc) is 2.82. The van der Waals surface area contributed by atoms with Crippen molar-refractivity contribution < 1.29 is 14.3 Å². The minimum atomic E-state index is -0.143. The van der Waals surface area contributed by atoms with Crippen molar-refractivity contribution in [3.8, 4) is 5.75 Å². The lowest BCUT2D eigenvalue weighted by Crippen LogP contribution is -2.42. The van der Waals surface area contributed by atoms with Crippen LogP contribution in [0.5, 0.6) is 5.75 Å². The van der Waals surface area contributed by atoms with Gasteiger partial charge in [0.15, 0.2) is 5.78 Å². The minimum absolute atomic E-state index is 0.0484. The highest BCUT2D eigenvalue weighted by molar-refractivity contribution is 5.98. The third kappa shape index (κ3) is 7.09. The predicted octanol–water partition coefficient (Wildman–Crippen LogP) is 5.56. The zero-order valence-electron chi connectivity index (χ0n) is 18.4. The second kappa shape index (κ2) is 12.1. The molecule has 0 saturated carbocycles. The van der Waals surface area contributed by atoms with Crippen molar-refractivity contribution in [3.05, 3.63) is 54.4 Å². The molecule has 1 N–H and O–H groups in total. The van der Waals surface area contributed by atoms with Gasteiger partial charge in [0, 0.05) is 30.8 Å². The number of aromatic nitrogens is 1. The van der Waals surface area contributed by atoms with E-state index < -0.39 is 0 Å². The highest BCUT2D eigenvalue weighted by atomic mass is 16.5. The standard InChI is InChI=1S/C25H33N3O3/c1-2-3-4-5-6-18-31-23-11-9-20(10-12-23)24(29)21-13-16-28(17-14-21)25(30)27-22-8-7-15-26-19-22/h7-12,15,19,21H,2-6,13-14,16-18H2,1H3,(H,27,30). The van der Waals surface area contributed by atoms with Gasteiger partial charge < -0.3 is 15.0 Å². The monoisotopic (exact) mass is 423 g/mol. The zero-order chi connectivity index (χ0) is 21.9. The number of nitrogens with zero attached hydrogens (tertiary/aromatic N) is 2. The number of unbranched alkanes of at least 4 members (excludes halogenated alkanes) is 4. The molecule has 0 atom stereocenters. The molecule has 0 bridgehead atoms. The Kier molecular flexibility index (Phi) is 8.88. The van der Waals surface area contributed by atoms with Crippen LogP contribution in [0.25, 0.3) is 0 Å². The molecule has 1 aromatic carbocycles. The molecule has 1 saturated heterocycles. The van der Waals surface area contributed by atoms with Crippen LogP contribution in [0, 0.1) is 5.92 Å². The van der Waals surface area contributed by atoms with Crippen LogP contribution in [0.4, 0.5) is 10.5 Å². The maximum Gasteiger partial charge on any atom is 0.321 e. The number of pyridine rings is 1. The molecule has 0 aliphatic carbocycles. The van der Waals surface area contributed by atoms with E-state index in [1.165, 1.54) is 25.7 Å². The molecule has 2 heterocycles. The van der Waals surface area contributed by atoms with E-state index in [1.54, 1.807) is 29.4 Å². The number of benzene rings is 1. The van der Waals surface area contributed by atoms with E-state index >= 15 is 0 Å². The maximum absolute atomic E-state index is 12.9. The zero-order valence-corrected chi connectivity index (χ0v) is 18.4. The number of urea groups is 1. The molecule has 1 aliphatic heterocycles. The molecule has 0 spiro atoms. The fraction of sp³-hybridized carbons (Fsp3) is 0.480. The molecule has 166 valence electrons.